The molecule has 0 saturated carbocycles. The summed E-state index contributed by atoms with van der Waals surface area (Å²) >= 11 is 0. The van der Waals surface area contributed by atoms with E-state index in [4.69, 9.17) is 4.74 Å². The Hall–Kier alpha value is -3.23. The lowest BCUT2D eigenvalue weighted by Gasteiger charge is -2.33. The Kier molecular flexibility index (Phi) is 8.53. The fourth-order valence-electron chi connectivity index (χ4n) is 4.52. The first kappa shape index (κ1) is 27.8. The van der Waals surface area contributed by atoms with E-state index in [-0.39, 0.29) is 6.54 Å². The number of hydrogen-bond donors (Lipinski definition) is 2. The van der Waals surface area contributed by atoms with Gasteiger partial charge in [-0.2, -0.15) is 13.2 Å². The molecule has 3 unspecified atom stereocenters. The zero-order valence-corrected chi connectivity index (χ0v) is 22.2. The third-order valence-corrected chi connectivity index (χ3v) is 7.35. The molecule has 1 saturated heterocycles. The molecule has 1 fully saturated rings. The summed E-state index contributed by atoms with van der Waals surface area (Å²) in [6.45, 7) is 0.114. The van der Waals surface area contributed by atoms with Crippen LogP contribution in [0.15, 0.2) is 47.5 Å². The van der Waals surface area contributed by atoms with Crippen LogP contribution in [0.5, 0.6) is 5.75 Å². The number of alkyl halides is 4. The highest BCUT2D eigenvalue weighted by Gasteiger charge is 2.30. The highest BCUT2D eigenvalue weighted by Crippen LogP contribution is 2.31. The highest BCUT2D eigenvalue weighted by atomic mass is 32.2. The molecular formula is C27H30F4N4O2S. The minimum absolute atomic E-state index is 0.233. The van der Waals surface area contributed by atoms with E-state index in [1.807, 2.05) is 11.9 Å². The zero-order chi connectivity index (χ0) is 27.4. The lowest BCUT2D eigenvalue weighted by Crippen LogP contribution is -2.46. The number of methoxy groups -OCH3 is 1. The van der Waals surface area contributed by atoms with Gasteiger partial charge in [0, 0.05) is 57.9 Å². The molecule has 0 radical (unpaired) electrons. The largest absolute Gasteiger partial charge is 0.495 e. The van der Waals surface area contributed by atoms with E-state index in [2.05, 4.69) is 22.5 Å². The van der Waals surface area contributed by atoms with E-state index in [0.29, 0.717) is 51.5 Å². The first-order valence-electron chi connectivity index (χ1n) is 12.1. The number of hydrogen-bond acceptors (Lipinski definition) is 5. The van der Waals surface area contributed by atoms with E-state index in [0.717, 1.165) is 11.1 Å². The summed E-state index contributed by atoms with van der Waals surface area (Å²) in [7, 11) is 2.23. The molecule has 3 aromatic rings. The number of likely N-dealkylation sites (tertiary alicyclic amines) is 1. The minimum Gasteiger partial charge on any atom is -0.495 e. The molecule has 0 spiro atoms. The van der Waals surface area contributed by atoms with Crippen molar-refractivity contribution in [3.63, 3.8) is 0 Å². The lowest BCUT2D eigenvalue weighted by molar-refractivity contribution is -0.139. The summed E-state index contributed by atoms with van der Waals surface area (Å²) in [6, 6.07) is 9.72. The van der Waals surface area contributed by atoms with Crippen molar-refractivity contribution >= 4 is 33.1 Å². The third kappa shape index (κ3) is 6.79. The first-order chi connectivity index (χ1) is 18.0. The number of fused-ring (bicyclic) bond motifs is 1. The van der Waals surface area contributed by atoms with Crippen LogP contribution < -0.4 is 15.4 Å². The molecule has 0 amide bonds. The SMILES string of the molecule is COc1cc(S(C)=O)ccc1NCC#Cc1cc(NC2CCN(C)CC2F)c2ccn(CC(F)(F)F)c2c1. The average molecular weight is 551 g/mol. The van der Waals surface area contributed by atoms with Gasteiger partial charge in [0.25, 0.3) is 0 Å². The number of ether oxygens (including phenoxy) is 1. The van der Waals surface area contributed by atoms with E-state index < -0.39 is 35.7 Å². The summed E-state index contributed by atoms with van der Waals surface area (Å²) in [5, 5.41) is 6.96. The van der Waals surface area contributed by atoms with Crippen molar-refractivity contribution in [2.75, 3.05) is 50.7 Å². The Labute approximate surface area is 221 Å². The molecule has 0 aliphatic carbocycles. The van der Waals surface area contributed by atoms with Gasteiger partial charge < -0.3 is 24.8 Å². The lowest BCUT2D eigenvalue weighted by atomic mass is 10.0. The molecule has 2 aromatic carbocycles. The van der Waals surface area contributed by atoms with Crippen LogP contribution >= 0.6 is 0 Å². The molecule has 11 heteroatoms. The van der Waals surface area contributed by atoms with Gasteiger partial charge in [0.15, 0.2) is 0 Å². The first-order valence-corrected chi connectivity index (χ1v) is 13.6. The molecule has 38 heavy (non-hydrogen) atoms. The zero-order valence-electron chi connectivity index (χ0n) is 21.4. The summed E-state index contributed by atoms with van der Waals surface area (Å²) in [6.07, 6.45) is -1.94. The Bertz CT molecular complexity index is 1380. The molecule has 1 aliphatic rings. The number of anilines is 2. The molecule has 1 aliphatic heterocycles. The Morgan fingerprint density at radius 2 is 1.97 bits per heavy atom. The van der Waals surface area contributed by atoms with Crippen molar-refractivity contribution in [3.05, 3.63) is 48.2 Å². The van der Waals surface area contributed by atoms with Crippen LogP contribution in [0.3, 0.4) is 0 Å². The predicted molar refractivity (Wildman–Crippen MR) is 143 cm³/mol. The van der Waals surface area contributed by atoms with Gasteiger partial charge in [-0.15, -0.1) is 0 Å². The van der Waals surface area contributed by atoms with Crippen LogP contribution in [0.2, 0.25) is 0 Å². The van der Waals surface area contributed by atoms with E-state index >= 15 is 0 Å². The van der Waals surface area contributed by atoms with E-state index in [1.165, 1.54) is 13.3 Å². The highest BCUT2D eigenvalue weighted by molar-refractivity contribution is 7.84. The Balaban J connectivity index is 1.60. The van der Waals surface area contributed by atoms with Crippen LogP contribution in [0, 0.1) is 11.8 Å². The maximum Gasteiger partial charge on any atom is 0.406 e. The molecule has 204 valence electrons. The van der Waals surface area contributed by atoms with Crippen molar-refractivity contribution in [3.8, 4) is 17.6 Å². The topological polar surface area (TPSA) is 58.5 Å². The minimum atomic E-state index is -4.39. The van der Waals surface area contributed by atoms with Crippen LogP contribution in [-0.2, 0) is 17.3 Å². The monoisotopic (exact) mass is 550 g/mol. The molecule has 0 bridgehead atoms. The number of piperidine rings is 1. The second-order valence-corrected chi connectivity index (χ2v) is 10.7. The summed E-state index contributed by atoms with van der Waals surface area (Å²) in [4.78, 5) is 2.55. The maximum absolute atomic E-state index is 14.7. The van der Waals surface area contributed by atoms with Crippen molar-refractivity contribution in [1.82, 2.24) is 9.47 Å². The van der Waals surface area contributed by atoms with Crippen LogP contribution in [-0.4, -0.2) is 72.1 Å². The average Bonchev–Trinajstić information content (AvgIpc) is 3.24. The van der Waals surface area contributed by atoms with Gasteiger partial charge in [-0.25, -0.2) is 4.39 Å². The predicted octanol–water partition coefficient (Wildman–Crippen LogP) is 4.87. The smallest absolute Gasteiger partial charge is 0.406 e. The number of nitrogens with one attached hydrogen (secondary N) is 2. The second-order valence-electron chi connectivity index (χ2n) is 9.30. The number of benzene rings is 2. The normalized spacial score (nSPS) is 19.0. The second kappa shape index (κ2) is 11.7. The molecule has 2 N–H and O–H groups in total. The van der Waals surface area contributed by atoms with E-state index in [9.17, 15) is 21.8 Å². The van der Waals surface area contributed by atoms with Crippen LogP contribution in [0.4, 0.5) is 28.9 Å². The van der Waals surface area contributed by atoms with Gasteiger partial charge in [-0.3, -0.25) is 4.21 Å². The summed E-state index contributed by atoms with van der Waals surface area (Å²) in [5.74, 6) is 6.53. The summed E-state index contributed by atoms with van der Waals surface area (Å²) < 4.78 is 72.5. The fraction of sp³-hybridized carbons (Fsp3) is 0.407. The molecule has 4 rings (SSSR count). The third-order valence-electron chi connectivity index (χ3n) is 6.43. The number of aromatic nitrogens is 1. The van der Waals surface area contributed by atoms with Gasteiger partial charge >= 0.3 is 6.18 Å². The Morgan fingerprint density at radius 3 is 2.66 bits per heavy atom. The quantitative estimate of drug-likeness (QED) is 0.325. The Morgan fingerprint density at radius 1 is 1.18 bits per heavy atom. The van der Waals surface area contributed by atoms with Gasteiger partial charge in [0.05, 0.1) is 30.9 Å². The van der Waals surface area contributed by atoms with Gasteiger partial charge in [0.1, 0.15) is 18.5 Å². The van der Waals surface area contributed by atoms with Gasteiger partial charge in [0.2, 0.25) is 0 Å². The molecule has 6 nitrogen and oxygen atoms in total. The molecular weight excluding hydrogens is 520 g/mol. The number of nitrogens with zero attached hydrogens (tertiary/aromatic N) is 2. The number of rotatable bonds is 7. The number of halogens is 4. The standard InChI is InChI=1S/C27H30F4N4O2S/c1-34-11-9-22(21(28)16-34)33-24-13-18(14-25-20(24)8-12-35(25)17-27(29,30)31)5-4-10-32-23-7-6-19(38(3)36)15-26(23)37-2/h6-8,12-15,21-22,32-33H,9-11,16-17H2,1-3H3. The van der Waals surface area contributed by atoms with Crippen molar-refractivity contribution in [1.29, 1.82) is 0 Å². The molecule has 3 atom stereocenters. The van der Waals surface area contributed by atoms with Crippen molar-refractivity contribution in [2.24, 2.45) is 0 Å². The van der Waals surface area contributed by atoms with Gasteiger partial charge in [-0.1, -0.05) is 11.8 Å². The van der Waals surface area contributed by atoms with Crippen LogP contribution in [0.25, 0.3) is 10.9 Å². The van der Waals surface area contributed by atoms with Gasteiger partial charge in [-0.05, 0) is 49.9 Å². The molecule has 1 aromatic heterocycles. The van der Waals surface area contributed by atoms with Crippen LogP contribution in [0.1, 0.15) is 12.0 Å². The maximum atomic E-state index is 14.7. The molecule has 2 heterocycles. The fourth-order valence-corrected chi connectivity index (χ4v) is 5.05. The van der Waals surface area contributed by atoms with Crippen molar-refractivity contribution in [2.45, 2.75) is 36.3 Å². The van der Waals surface area contributed by atoms with Crippen molar-refractivity contribution < 1.29 is 26.5 Å². The van der Waals surface area contributed by atoms with E-state index in [1.54, 1.807) is 42.7 Å². The summed E-state index contributed by atoms with van der Waals surface area (Å²) in [5.41, 5.74) is 2.11.